The van der Waals surface area contributed by atoms with Crippen LogP contribution in [0.2, 0.25) is 0 Å². The molecule has 1 saturated carbocycles. The molecule has 16 heavy (non-hydrogen) atoms. The first-order valence-electron chi connectivity index (χ1n) is 6.17. The number of hydrogen-bond donors (Lipinski definition) is 1. The average molecular weight is 223 g/mol. The highest BCUT2D eigenvalue weighted by Gasteiger charge is 2.30. The smallest absolute Gasteiger partial charge is 0.182 e. The van der Waals surface area contributed by atoms with Crippen LogP contribution in [0, 0.1) is 0 Å². The quantitative estimate of drug-likeness (QED) is 0.853. The van der Waals surface area contributed by atoms with Crippen molar-refractivity contribution in [2.45, 2.75) is 57.5 Å². The van der Waals surface area contributed by atoms with Crippen LogP contribution >= 0.6 is 0 Å². The van der Waals surface area contributed by atoms with Crippen LogP contribution in [0.1, 0.15) is 63.5 Å². The van der Waals surface area contributed by atoms with Gasteiger partial charge < -0.3 is 4.74 Å². The summed E-state index contributed by atoms with van der Waals surface area (Å²) < 4.78 is 5.50. The first-order chi connectivity index (χ1) is 7.69. The van der Waals surface area contributed by atoms with Gasteiger partial charge in [0.25, 0.3) is 0 Å². The summed E-state index contributed by atoms with van der Waals surface area (Å²) >= 11 is 0. The Bertz CT molecular complexity index is 338. The molecule has 1 aliphatic rings. The van der Waals surface area contributed by atoms with Gasteiger partial charge in [0.05, 0.1) is 0 Å². The van der Waals surface area contributed by atoms with E-state index in [1.54, 1.807) is 7.11 Å². The van der Waals surface area contributed by atoms with E-state index in [-0.39, 0.29) is 5.60 Å². The third-order valence-corrected chi connectivity index (χ3v) is 3.84. The van der Waals surface area contributed by atoms with Crippen molar-refractivity contribution < 1.29 is 4.74 Å². The normalized spacial score (nSPS) is 21.2. The number of nitrogens with zero attached hydrogens (tertiary/aromatic N) is 2. The van der Waals surface area contributed by atoms with Crippen molar-refractivity contribution in [2.24, 2.45) is 0 Å². The van der Waals surface area contributed by atoms with Crippen LogP contribution in [0.25, 0.3) is 0 Å². The third kappa shape index (κ3) is 1.98. The van der Waals surface area contributed by atoms with Gasteiger partial charge in [0.15, 0.2) is 5.82 Å². The van der Waals surface area contributed by atoms with Crippen LogP contribution in [0.15, 0.2) is 0 Å². The molecule has 0 bridgehead atoms. The van der Waals surface area contributed by atoms with E-state index in [9.17, 15) is 0 Å². The fourth-order valence-electron chi connectivity index (χ4n) is 2.29. The molecule has 0 aliphatic heterocycles. The van der Waals surface area contributed by atoms with Crippen molar-refractivity contribution in [2.75, 3.05) is 7.11 Å². The van der Waals surface area contributed by atoms with Gasteiger partial charge in [-0.2, -0.15) is 5.10 Å². The van der Waals surface area contributed by atoms with Crippen LogP contribution in [0.4, 0.5) is 0 Å². The van der Waals surface area contributed by atoms with Crippen LogP contribution in [0.3, 0.4) is 0 Å². The van der Waals surface area contributed by atoms with Crippen molar-refractivity contribution in [1.82, 2.24) is 15.2 Å². The Morgan fingerprint density at radius 1 is 1.44 bits per heavy atom. The molecule has 1 fully saturated rings. The number of hydrogen-bond acceptors (Lipinski definition) is 3. The lowest BCUT2D eigenvalue weighted by Crippen LogP contribution is -2.25. The SMILES string of the molecule is CCC(C)(OC)c1n[nH]c(C2CCCC2)n1. The molecule has 1 N–H and O–H groups in total. The lowest BCUT2D eigenvalue weighted by atomic mass is 10.0. The molecule has 0 aromatic carbocycles. The maximum atomic E-state index is 5.50. The minimum Gasteiger partial charge on any atom is -0.370 e. The lowest BCUT2D eigenvalue weighted by molar-refractivity contribution is -0.00874. The molecule has 90 valence electrons. The summed E-state index contributed by atoms with van der Waals surface area (Å²) in [5, 5.41) is 7.39. The third-order valence-electron chi connectivity index (χ3n) is 3.84. The zero-order chi connectivity index (χ0) is 11.6. The molecule has 1 heterocycles. The maximum Gasteiger partial charge on any atom is 0.182 e. The topological polar surface area (TPSA) is 50.8 Å². The van der Waals surface area contributed by atoms with Gasteiger partial charge in [-0.15, -0.1) is 0 Å². The van der Waals surface area contributed by atoms with Crippen LogP contribution < -0.4 is 0 Å². The van der Waals surface area contributed by atoms with E-state index in [0.29, 0.717) is 5.92 Å². The van der Waals surface area contributed by atoms with Gasteiger partial charge in [-0.3, -0.25) is 5.10 Å². The summed E-state index contributed by atoms with van der Waals surface area (Å²) in [5.74, 6) is 2.42. The minimum atomic E-state index is -0.354. The molecular formula is C12H21N3O. The van der Waals surface area contributed by atoms with Crippen molar-refractivity contribution >= 4 is 0 Å². The van der Waals surface area contributed by atoms with Gasteiger partial charge in [0.2, 0.25) is 0 Å². The predicted octanol–water partition coefficient (Wildman–Crippen LogP) is 2.73. The number of H-pyrrole nitrogens is 1. The fourth-order valence-corrected chi connectivity index (χ4v) is 2.29. The molecule has 2 rings (SSSR count). The van der Waals surface area contributed by atoms with E-state index < -0.39 is 0 Å². The van der Waals surface area contributed by atoms with Crippen LogP contribution in [-0.4, -0.2) is 22.3 Å². The fraction of sp³-hybridized carbons (Fsp3) is 0.833. The Morgan fingerprint density at radius 3 is 2.69 bits per heavy atom. The van der Waals surface area contributed by atoms with E-state index in [2.05, 4.69) is 22.1 Å². The van der Waals surface area contributed by atoms with Crippen molar-refractivity contribution in [3.63, 3.8) is 0 Å². The Morgan fingerprint density at radius 2 is 2.12 bits per heavy atom. The number of aromatic nitrogens is 3. The molecule has 0 spiro atoms. The van der Waals surface area contributed by atoms with E-state index in [4.69, 9.17) is 4.74 Å². The Labute approximate surface area is 96.8 Å². The number of aromatic amines is 1. The summed E-state index contributed by atoms with van der Waals surface area (Å²) in [7, 11) is 1.72. The number of nitrogens with one attached hydrogen (secondary N) is 1. The molecule has 4 heteroatoms. The minimum absolute atomic E-state index is 0.354. The molecule has 1 unspecified atom stereocenters. The number of rotatable bonds is 4. The zero-order valence-corrected chi connectivity index (χ0v) is 10.4. The second kappa shape index (κ2) is 4.53. The van der Waals surface area contributed by atoms with Gasteiger partial charge >= 0.3 is 0 Å². The summed E-state index contributed by atoms with van der Waals surface area (Å²) in [5.41, 5.74) is -0.354. The predicted molar refractivity (Wildman–Crippen MR) is 62.2 cm³/mol. The molecule has 0 saturated heterocycles. The second-order valence-electron chi connectivity index (χ2n) is 4.81. The van der Waals surface area contributed by atoms with Crippen LogP contribution in [0.5, 0.6) is 0 Å². The van der Waals surface area contributed by atoms with Gasteiger partial charge in [-0.25, -0.2) is 4.98 Å². The molecule has 0 radical (unpaired) electrons. The highest BCUT2D eigenvalue weighted by molar-refractivity contribution is 5.05. The summed E-state index contributed by atoms with van der Waals surface area (Å²) in [6.07, 6.45) is 5.99. The highest BCUT2D eigenvalue weighted by atomic mass is 16.5. The molecular weight excluding hydrogens is 202 g/mol. The van der Waals surface area contributed by atoms with Gasteiger partial charge in [0.1, 0.15) is 11.4 Å². The monoisotopic (exact) mass is 223 g/mol. The lowest BCUT2D eigenvalue weighted by Gasteiger charge is -2.22. The van der Waals surface area contributed by atoms with Gasteiger partial charge in [-0.05, 0) is 26.2 Å². The highest BCUT2D eigenvalue weighted by Crippen LogP contribution is 2.33. The standard InChI is InChI=1S/C12H21N3O/c1-4-12(2,16-3)11-13-10(14-15-11)9-7-5-6-8-9/h9H,4-8H2,1-3H3,(H,13,14,15). The zero-order valence-electron chi connectivity index (χ0n) is 10.4. The molecule has 1 aromatic rings. The average Bonchev–Trinajstić information content (AvgIpc) is 2.97. The first-order valence-corrected chi connectivity index (χ1v) is 6.17. The van der Waals surface area contributed by atoms with Gasteiger partial charge in [-0.1, -0.05) is 19.8 Å². The first kappa shape index (κ1) is 11.6. The largest absolute Gasteiger partial charge is 0.370 e. The van der Waals surface area contributed by atoms with E-state index in [1.165, 1.54) is 25.7 Å². The molecule has 4 nitrogen and oxygen atoms in total. The van der Waals surface area contributed by atoms with Crippen molar-refractivity contribution in [1.29, 1.82) is 0 Å². The molecule has 1 aromatic heterocycles. The van der Waals surface area contributed by atoms with Crippen molar-refractivity contribution in [3.05, 3.63) is 11.6 Å². The number of ether oxygens (including phenoxy) is 1. The Kier molecular flexibility index (Phi) is 3.28. The molecule has 1 aliphatic carbocycles. The number of methoxy groups -OCH3 is 1. The Hall–Kier alpha value is -0.900. The van der Waals surface area contributed by atoms with E-state index >= 15 is 0 Å². The van der Waals surface area contributed by atoms with E-state index in [1.807, 2.05) is 6.92 Å². The van der Waals surface area contributed by atoms with E-state index in [0.717, 1.165) is 18.1 Å². The summed E-state index contributed by atoms with van der Waals surface area (Å²) in [4.78, 5) is 4.61. The van der Waals surface area contributed by atoms with Crippen LogP contribution in [-0.2, 0) is 10.3 Å². The molecule has 0 amide bonds. The second-order valence-corrected chi connectivity index (χ2v) is 4.81. The van der Waals surface area contributed by atoms with Crippen molar-refractivity contribution in [3.8, 4) is 0 Å². The summed E-state index contributed by atoms with van der Waals surface area (Å²) in [6, 6.07) is 0. The Balaban J connectivity index is 2.17. The van der Waals surface area contributed by atoms with Gasteiger partial charge in [0, 0.05) is 13.0 Å². The maximum absolute atomic E-state index is 5.50. The molecule has 1 atom stereocenters. The summed E-state index contributed by atoms with van der Waals surface area (Å²) in [6.45, 7) is 4.13.